The van der Waals surface area contributed by atoms with E-state index in [1.54, 1.807) is 0 Å². The molecule has 2 aromatic rings. The van der Waals surface area contributed by atoms with Gasteiger partial charge in [0.25, 0.3) is 0 Å². The molecular weight excluding hydrogens is 238 g/mol. The van der Waals surface area contributed by atoms with Gasteiger partial charge in [0, 0.05) is 20.2 Å². The largest absolute Gasteiger partial charge is 0.380 e. The van der Waals surface area contributed by atoms with Crippen LogP contribution in [0.3, 0.4) is 0 Å². The second kappa shape index (κ2) is 6.68. The molecule has 104 valence electrons. The van der Waals surface area contributed by atoms with Crippen molar-refractivity contribution < 1.29 is 4.74 Å². The Morgan fingerprint density at radius 1 is 1.32 bits per heavy atom. The van der Waals surface area contributed by atoms with E-state index in [0.29, 0.717) is 5.92 Å². The van der Waals surface area contributed by atoms with Gasteiger partial charge in [-0.1, -0.05) is 26.0 Å². The number of hydrogen-bond donors (Lipinski definition) is 1. The van der Waals surface area contributed by atoms with Crippen molar-refractivity contribution in [2.45, 2.75) is 20.4 Å². The Morgan fingerprint density at radius 2 is 2.11 bits per heavy atom. The molecule has 0 aliphatic rings. The topological polar surface area (TPSA) is 39.1 Å². The maximum absolute atomic E-state index is 5.53. The van der Waals surface area contributed by atoms with Crippen LogP contribution < -0.4 is 5.32 Å². The van der Waals surface area contributed by atoms with Gasteiger partial charge in [-0.05, 0) is 18.1 Å². The van der Waals surface area contributed by atoms with E-state index >= 15 is 0 Å². The van der Waals surface area contributed by atoms with Gasteiger partial charge >= 0.3 is 0 Å². The quantitative estimate of drug-likeness (QED) is 0.778. The lowest BCUT2D eigenvalue weighted by Crippen LogP contribution is -2.21. The Labute approximate surface area is 114 Å². The van der Waals surface area contributed by atoms with Crippen molar-refractivity contribution in [2.24, 2.45) is 13.0 Å². The number of ether oxygens (including phenoxy) is 1. The van der Waals surface area contributed by atoms with Crippen LogP contribution >= 0.6 is 0 Å². The number of hydrogen-bond acceptors (Lipinski definition) is 3. The predicted octanol–water partition coefficient (Wildman–Crippen LogP) is 2.34. The van der Waals surface area contributed by atoms with E-state index in [-0.39, 0.29) is 0 Å². The lowest BCUT2D eigenvalue weighted by atomic mass is 10.2. The van der Waals surface area contributed by atoms with Crippen molar-refractivity contribution in [3.8, 4) is 0 Å². The first-order valence-electron chi connectivity index (χ1n) is 6.87. The fraction of sp³-hybridized carbons (Fsp3) is 0.533. The first kappa shape index (κ1) is 14.0. The number of nitrogens with zero attached hydrogens (tertiary/aromatic N) is 2. The summed E-state index contributed by atoms with van der Waals surface area (Å²) in [7, 11) is 2.06. The van der Waals surface area contributed by atoms with E-state index in [2.05, 4.69) is 41.8 Å². The summed E-state index contributed by atoms with van der Waals surface area (Å²) in [5.74, 6) is 1.66. The maximum atomic E-state index is 5.53. The molecule has 1 N–H and O–H groups in total. The summed E-state index contributed by atoms with van der Waals surface area (Å²) in [5, 5.41) is 3.37. The molecule has 4 heteroatoms. The molecule has 1 aromatic carbocycles. The standard InChI is InChI=1S/C15H23N3O/c1-12(2)11-19-9-8-16-10-15-17-13-6-4-5-7-14(13)18(15)3/h4-7,12,16H,8-11H2,1-3H3. The fourth-order valence-corrected chi connectivity index (χ4v) is 2.02. The van der Waals surface area contributed by atoms with E-state index in [9.17, 15) is 0 Å². The number of aromatic nitrogens is 2. The lowest BCUT2D eigenvalue weighted by Gasteiger charge is -2.08. The molecule has 0 unspecified atom stereocenters. The van der Waals surface area contributed by atoms with Gasteiger partial charge in [0.15, 0.2) is 0 Å². The van der Waals surface area contributed by atoms with Gasteiger partial charge in [-0.25, -0.2) is 4.98 Å². The smallest absolute Gasteiger partial charge is 0.123 e. The van der Waals surface area contributed by atoms with E-state index < -0.39 is 0 Å². The van der Waals surface area contributed by atoms with Gasteiger partial charge < -0.3 is 14.6 Å². The summed E-state index contributed by atoms with van der Waals surface area (Å²) in [6.45, 7) is 7.53. The number of rotatable bonds is 7. The van der Waals surface area contributed by atoms with Crippen molar-refractivity contribution in [3.05, 3.63) is 30.1 Å². The minimum atomic E-state index is 0.597. The zero-order valence-corrected chi connectivity index (χ0v) is 12.0. The fourth-order valence-electron chi connectivity index (χ4n) is 2.02. The summed E-state index contributed by atoms with van der Waals surface area (Å²) in [6.07, 6.45) is 0. The number of imidazole rings is 1. The number of nitrogens with one attached hydrogen (secondary N) is 1. The second-order valence-electron chi connectivity index (χ2n) is 5.22. The van der Waals surface area contributed by atoms with Crippen molar-refractivity contribution in [1.29, 1.82) is 0 Å². The molecule has 0 amide bonds. The minimum absolute atomic E-state index is 0.597. The van der Waals surface area contributed by atoms with Gasteiger partial charge in [-0.2, -0.15) is 0 Å². The molecule has 0 radical (unpaired) electrons. The third-order valence-electron chi connectivity index (χ3n) is 3.04. The maximum Gasteiger partial charge on any atom is 0.123 e. The molecule has 19 heavy (non-hydrogen) atoms. The Hall–Kier alpha value is -1.39. The summed E-state index contributed by atoms with van der Waals surface area (Å²) in [5.41, 5.74) is 2.23. The van der Waals surface area contributed by atoms with Crippen LogP contribution in [0.2, 0.25) is 0 Å². The van der Waals surface area contributed by atoms with Crippen molar-refractivity contribution in [3.63, 3.8) is 0 Å². The van der Waals surface area contributed by atoms with Gasteiger partial charge in [0.1, 0.15) is 5.82 Å². The van der Waals surface area contributed by atoms with Crippen molar-refractivity contribution in [1.82, 2.24) is 14.9 Å². The molecule has 0 bridgehead atoms. The normalized spacial score (nSPS) is 11.6. The third-order valence-corrected chi connectivity index (χ3v) is 3.04. The molecule has 4 nitrogen and oxygen atoms in total. The lowest BCUT2D eigenvalue weighted by molar-refractivity contribution is 0.111. The highest BCUT2D eigenvalue weighted by Crippen LogP contribution is 2.13. The first-order chi connectivity index (χ1) is 9.18. The first-order valence-corrected chi connectivity index (χ1v) is 6.87. The van der Waals surface area contributed by atoms with Gasteiger partial charge in [0.05, 0.1) is 24.2 Å². The summed E-state index contributed by atoms with van der Waals surface area (Å²) in [4.78, 5) is 4.62. The van der Waals surface area contributed by atoms with Crippen LogP contribution in [-0.4, -0.2) is 29.3 Å². The number of benzene rings is 1. The third kappa shape index (κ3) is 3.78. The average Bonchev–Trinajstić information content (AvgIpc) is 2.71. The molecule has 2 rings (SSSR count). The highest BCUT2D eigenvalue weighted by molar-refractivity contribution is 5.75. The highest BCUT2D eigenvalue weighted by Gasteiger charge is 2.05. The second-order valence-corrected chi connectivity index (χ2v) is 5.22. The Morgan fingerprint density at radius 3 is 2.84 bits per heavy atom. The van der Waals surface area contributed by atoms with Crippen LogP contribution in [0.5, 0.6) is 0 Å². The number of para-hydroxylation sites is 2. The molecule has 0 aliphatic carbocycles. The Balaban J connectivity index is 1.80. The van der Waals surface area contributed by atoms with E-state index in [0.717, 1.165) is 37.6 Å². The summed E-state index contributed by atoms with van der Waals surface area (Å²) >= 11 is 0. The van der Waals surface area contributed by atoms with E-state index in [1.165, 1.54) is 5.52 Å². The minimum Gasteiger partial charge on any atom is -0.380 e. The number of fused-ring (bicyclic) bond motifs is 1. The zero-order valence-electron chi connectivity index (χ0n) is 12.0. The predicted molar refractivity (Wildman–Crippen MR) is 78.1 cm³/mol. The van der Waals surface area contributed by atoms with Crippen LogP contribution in [0.1, 0.15) is 19.7 Å². The highest BCUT2D eigenvalue weighted by atomic mass is 16.5. The molecule has 1 aromatic heterocycles. The Kier molecular flexibility index (Phi) is 4.93. The van der Waals surface area contributed by atoms with Crippen molar-refractivity contribution in [2.75, 3.05) is 19.8 Å². The molecule has 0 aliphatic heterocycles. The summed E-state index contributed by atoms with van der Waals surface area (Å²) in [6, 6.07) is 8.20. The molecule has 0 spiro atoms. The van der Waals surface area contributed by atoms with Crippen molar-refractivity contribution >= 4 is 11.0 Å². The summed E-state index contributed by atoms with van der Waals surface area (Å²) < 4.78 is 7.67. The van der Waals surface area contributed by atoms with Crippen LogP contribution in [0, 0.1) is 5.92 Å². The molecule has 1 heterocycles. The molecule has 0 saturated carbocycles. The zero-order chi connectivity index (χ0) is 13.7. The van der Waals surface area contributed by atoms with Gasteiger partial charge in [-0.3, -0.25) is 0 Å². The van der Waals surface area contributed by atoms with E-state index in [1.807, 2.05) is 18.2 Å². The van der Waals surface area contributed by atoms with Crippen LogP contribution in [-0.2, 0) is 18.3 Å². The molecule has 0 atom stereocenters. The SMILES string of the molecule is CC(C)COCCNCc1nc2ccccc2n1C. The van der Waals surface area contributed by atoms with Crippen LogP contribution in [0.4, 0.5) is 0 Å². The van der Waals surface area contributed by atoms with E-state index in [4.69, 9.17) is 4.74 Å². The van der Waals surface area contributed by atoms with Gasteiger partial charge in [0.2, 0.25) is 0 Å². The Bertz CT molecular complexity index is 519. The van der Waals surface area contributed by atoms with Crippen LogP contribution in [0.15, 0.2) is 24.3 Å². The monoisotopic (exact) mass is 261 g/mol. The van der Waals surface area contributed by atoms with Crippen LogP contribution in [0.25, 0.3) is 11.0 Å². The van der Waals surface area contributed by atoms with Gasteiger partial charge in [-0.15, -0.1) is 0 Å². The molecular formula is C15H23N3O. The molecule has 0 saturated heterocycles. The average molecular weight is 261 g/mol. The molecule has 0 fully saturated rings. The number of aryl methyl sites for hydroxylation is 1.